The van der Waals surface area contributed by atoms with Gasteiger partial charge < -0.3 is 10.2 Å². The topological polar surface area (TPSA) is 100 Å². The second-order valence-corrected chi connectivity index (χ2v) is 9.04. The van der Waals surface area contributed by atoms with E-state index >= 15 is 0 Å². The number of guanidine groups is 1. The average Bonchev–Trinajstić information content (AvgIpc) is 3.18. The molecule has 1 aromatic heterocycles. The molecule has 2 aliphatic heterocycles. The second kappa shape index (κ2) is 7.26. The van der Waals surface area contributed by atoms with Gasteiger partial charge in [0.25, 0.3) is 0 Å². The maximum Gasteiger partial charge on any atom is 0.235 e. The molecular formula is C22H23N5O2S. The standard InChI is InChI=1S/C22H23N5O2S/c1-13(28)27-10-17(11-27)19-20(29)26(3)21(24)25-22(19,2)18-8-16(12-30-18)15-6-4-5-14(7-15)9-23/h4-8,12,17,19H,10-11H2,1-3H3,(H2,24,25)/t19-,22-/m1/s1. The van der Waals surface area contributed by atoms with Gasteiger partial charge in [0.2, 0.25) is 11.8 Å². The van der Waals surface area contributed by atoms with E-state index in [1.54, 1.807) is 24.9 Å². The predicted molar refractivity (Wildman–Crippen MR) is 115 cm³/mol. The van der Waals surface area contributed by atoms with Crippen LogP contribution in [-0.4, -0.2) is 47.7 Å². The Morgan fingerprint density at radius 1 is 1.33 bits per heavy atom. The largest absolute Gasteiger partial charge is 0.345 e. The van der Waals surface area contributed by atoms with Crippen LogP contribution in [0.25, 0.3) is 11.1 Å². The fourth-order valence-electron chi connectivity index (χ4n) is 4.37. The van der Waals surface area contributed by atoms with Crippen molar-refractivity contribution in [2.75, 3.05) is 20.1 Å². The van der Waals surface area contributed by atoms with Crippen molar-refractivity contribution in [3.05, 3.63) is 46.2 Å². The Morgan fingerprint density at radius 2 is 2.07 bits per heavy atom. The number of thiophene rings is 1. The highest BCUT2D eigenvalue weighted by atomic mass is 32.1. The zero-order chi connectivity index (χ0) is 21.6. The van der Waals surface area contributed by atoms with E-state index in [0.29, 0.717) is 18.7 Å². The van der Waals surface area contributed by atoms with Gasteiger partial charge in [-0.3, -0.25) is 19.9 Å². The summed E-state index contributed by atoms with van der Waals surface area (Å²) in [4.78, 5) is 28.9. The quantitative estimate of drug-likeness (QED) is 0.795. The Bertz CT molecular complexity index is 1080. The van der Waals surface area contributed by atoms with Crippen molar-refractivity contribution in [1.29, 1.82) is 10.7 Å². The number of amides is 2. The summed E-state index contributed by atoms with van der Waals surface area (Å²) in [6.07, 6.45) is 0. The number of nitrogens with one attached hydrogen (secondary N) is 2. The maximum absolute atomic E-state index is 13.2. The maximum atomic E-state index is 13.2. The van der Waals surface area contributed by atoms with Gasteiger partial charge in [0.1, 0.15) is 0 Å². The van der Waals surface area contributed by atoms with Gasteiger partial charge in [0.05, 0.1) is 23.1 Å². The van der Waals surface area contributed by atoms with E-state index in [1.165, 1.54) is 16.2 Å². The van der Waals surface area contributed by atoms with Gasteiger partial charge in [-0.2, -0.15) is 5.26 Å². The molecule has 0 aliphatic carbocycles. The van der Waals surface area contributed by atoms with Crippen LogP contribution in [0.4, 0.5) is 0 Å². The van der Waals surface area contributed by atoms with Crippen LogP contribution in [0.2, 0.25) is 0 Å². The zero-order valence-corrected chi connectivity index (χ0v) is 17.9. The number of rotatable bonds is 3. The van der Waals surface area contributed by atoms with Crippen molar-refractivity contribution in [2.45, 2.75) is 19.4 Å². The molecule has 2 N–H and O–H groups in total. The van der Waals surface area contributed by atoms with Crippen LogP contribution in [0.1, 0.15) is 24.3 Å². The lowest BCUT2D eigenvalue weighted by Gasteiger charge is -2.52. The molecule has 2 amide bonds. The summed E-state index contributed by atoms with van der Waals surface area (Å²) in [6.45, 7) is 4.60. The van der Waals surface area contributed by atoms with Crippen molar-refractivity contribution < 1.29 is 9.59 Å². The van der Waals surface area contributed by atoms with Gasteiger partial charge in [0, 0.05) is 37.9 Å². The fraction of sp³-hybridized carbons (Fsp3) is 0.364. The molecule has 2 aromatic rings. The van der Waals surface area contributed by atoms with Crippen LogP contribution < -0.4 is 5.32 Å². The molecule has 0 unspecified atom stereocenters. The molecule has 2 fully saturated rings. The highest BCUT2D eigenvalue weighted by molar-refractivity contribution is 7.10. The number of nitrogens with zero attached hydrogens (tertiary/aromatic N) is 3. The van der Waals surface area contributed by atoms with Crippen molar-refractivity contribution in [1.82, 2.24) is 15.1 Å². The minimum absolute atomic E-state index is 0.0149. The van der Waals surface area contributed by atoms with Crippen molar-refractivity contribution in [3.8, 4) is 17.2 Å². The summed E-state index contributed by atoms with van der Waals surface area (Å²) < 4.78 is 0. The highest BCUT2D eigenvalue weighted by Gasteiger charge is 2.54. The van der Waals surface area contributed by atoms with Gasteiger partial charge in [-0.05, 0) is 41.6 Å². The summed E-state index contributed by atoms with van der Waals surface area (Å²) in [5, 5.41) is 22.7. The summed E-state index contributed by atoms with van der Waals surface area (Å²) in [5.74, 6) is -0.370. The molecule has 2 aliphatic rings. The minimum Gasteiger partial charge on any atom is -0.345 e. The molecular weight excluding hydrogens is 398 g/mol. The first kappa shape index (κ1) is 20.1. The number of carbonyl (C=O) groups is 2. The predicted octanol–water partition coefficient (Wildman–Crippen LogP) is 2.59. The normalized spacial score (nSPS) is 24.3. The molecule has 8 heteroatoms. The van der Waals surface area contributed by atoms with Crippen molar-refractivity contribution in [3.63, 3.8) is 0 Å². The third-order valence-corrected chi connectivity index (χ3v) is 7.36. The van der Waals surface area contributed by atoms with Crippen LogP contribution in [0, 0.1) is 28.6 Å². The van der Waals surface area contributed by atoms with Crippen molar-refractivity contribution in [2.24, 2.45) is 11.8 Å². The molecule has 30 heavy (non-hydrogen) atoms. The van der Waals surface area contributed by atoms with E-state index in [2.05, 4.69) is 11.4 Å². The number of hydrogen-bond donors (Lipinski definition) is 2. The van der Waals surface area contributed by atoms with Gasteiger partial charge in [-0.15, -0.1) is 11.3 Å². The van der Waals surface area contributed by atoms with Gasteiger partial charge >= 0.3 is 0 Å². The lowest BCUT2D eigenvalue weighted by atomic mass is 9.70. The Labute approximate surface area is 179 Å². The molecule has 7 nitrogen and oxygen atoms in total. The monoisotopic (exact) mass is 421 g/mol. The molecule has 2 atom stereocenters. The van der Waals surface area contributed by atoms with E-state index < -0.39 is 5.54 Å². The van der Waals surface area contributed by atoms with E-state index in [-0.39, 0.29) is 29.6 Å². The van der Waals surface area contributed by atoms with Crippen LogP contribution in [-0.2, 0) is 15.1 Å². The first-order valence-corrected chi connectivity index (χ1v) is 10.6. The molecule has 0 bridgehead atoms. The Balaban J connectivity index is 1.70. The van der Waals surface area contributed by atoms with Crippen LogP contribution >= 0.6 is 11.3 Å². The number of likely N-dealkylation sites (tertiary alicyclic amines) is 1. The molecule has 4 rings (SSSR count). The van der Waals surface area contributed by atoms with E-state index in [9.17, 15) is 14.9 Å². The molecule has 0 spiro atoms. The SMILES string of the molecule is CC(=O)N1CC([C@@H]2C(=O)N(C)C(=N)N[C@]2(C)c2cc(-c3cccc(C#N)c3)cs2)C1. The summed E-state index contributed by atoms with van der Waals surface area (Å²) in [7, 11) is 1.61. The summed E-state index contributed by atoms with van der Waals surface area (Å²) in [6, 6.07) is 11.6. The van der Waals surface area contributed by atoms with Gasteiger partial charge in [0.15, 0.2) is 5.96 Å². The molecule has 0 radical (unpaired) electrons. The second-order valence-electron chi connectivity index (χ2n) is 8.13. The van der Waals surface area contributed by atoms with E-state index in [1.807, 2.05) is 36.6 Å². The number of carbonyl (C=O) groups excluding carboxylic acids is 2. The van der Waals surface area contributed by atoms with Crippen molar-refractivity contribution >= 4 is 29.1 Å². The third kappa shape index (κ3) is 3.15. The zero-order valence-electron chi connectivity index (χ0n) is 17.1. The molecule has 154 valence electrons. The molecule has 2 saturated heterocycles. The first-order valence-electron chi connectivity index (χ1n) is 9.74. The van der Waals surface area contributed by atoms with Crippen LogP contribution in [0.3, 0.4) is 0 Å². The number of benzene rings is 1. The molecule has 1 aromatic carbocycles. The van der Waals surface area contributed by atoms with Crippen LogP contribution in [0.15, 0.2) is 35.7 Å². The van der Waals surface area contributed by atoms with Crippen LogP contribution in [0.5, 0.6) is 0 Å². The minimum atomic E-state index is -0.746. The summed E-state index contributed by atoms with van der Waals surface area (Å²) >= 11 is 1.54. The molecule has 0 saturated carbocycles. The average molecular weight is 422 g/mol. The highest BCUT2D eigenvalue weighted by Crippen LogP contribution is 2.44. The number of nitriles is 1. The Kier molecular flexibility index (Phi) is 4.86. The Hall–Kier alpha value is -3.18. The molecule has 3 heterocycles. The smallest absolute Gasteiger partial charge is 0.235 e. The third-order valence-electron chi connectivity index (χ3n) is 6.19. The Morgan fingerprint density at radius 3 is 2.73 bits per heavy atom. The van der Waals surface area contributed by atoms with Gasteiger partial charge in [-0.1, -0.05) is 12.1 Å². The van der Waals surface area contributed by atoms with Gasteiger partial charge in [-0.25, -0.2) is 0 Å². The first-order chi connectivity index (χ1) is 14.2. The lowest BCUT2D eigenvalue weighted by molar-refractivity contribution is -0.148. The fourth-order valence-corrected chi connectivity index (χ4v) is 5.45. The lowest BCUT2D eigenvalue weighted by Crippen LogP contribution is -2.69. The summed E-state index contributed by atoms with van der Waals surface area (Å²) in [5.41, 5.74) is 1.77. The van der Waals surface area contributed by atoms with E-state index in [0.717, 1.165) is 16.0 Å². The number of hydrogen-bond acceptors (Lipinski definition) is 5. The van der Waals surface area contributed by atoms with E-state index in [4.69, 9.17) is 5.41 Å².